The summed E-state index contributed by atoms with van der Waals surface area (Å²) in [7, 11) is 3.16. The molecule has 0 saturated heterocycles. The van der Waals surface area contributed by atoms with Gasteiger partial charge in [-0.25, -0.2) is 4.98 Å². The van der Waals surface area contributed by atoms with Gasteiger partial charge in [-0.15, -0.1) is 0 Å². The third-order valence-electron chi connectivity index (χ3n) is 3.29. The van der Waals surface area contributed by atoms with Gasteiger partial charge in [-0.3, -0.25) is 4.79 Å². The summed E-state index contributed by atoms with van der Waals surface area (Å²) in [4.78, 5) is 16.1. The van der Waals surface area contributed by atoms with Crippen molar-refractivity contribution in [1.29, 1.82) is 0 Å². The van der Waals surface area contributed by atoms with Crippen molar-refractivity contribution in [2.45, 2.75) is 20.4 Å². The van der Waals surface area contributed by atoms with Crippen LogP contribution >= 0.6 is 0 Å². The van der Waals surface area contributed by atoms with Crippen molar-refractivity contribution in [3.63, 3.8) is 0 Å². The molecule has 0 atom stereocenters. The van der Waals surface area contributed by atoms with E-state index < -0.39 is 0 Å². The van der Waals surface area contributed by atoms with Crippen LogP contribution in [0.4, 0.5) is 0 Å². The SMILES string of the molecule is COc1cc(/C=C/C(=O)NCc2nc(C)c(C)o2)cc(OC)c1. The highest BCUT2D eigenvalue weighted by molar-refractivity contribution is 5.91. The zero-order chi connectivity index (χ0) is 16.8. The Hall–Kier alpha value is -2.76. The second-order valence-corrected chi connectivity index (χ2v) is 4.95. The normalized spacial score (nSPS) is 10.8. The maximum atomic E-state index is 11.9. The Kier molecular flexibility index (Phi) is 5.41. The Labute approximate surface area is 135 Å². The molecule has 0 aliphatic heterocycles. The summed E-state index contributed by atoms with van der Waals surface area (Å²) in [6.45, 7) is 3.95. The monoisotopic (exact) mass is 316 g/mol. The van der Waals surface area contributed by atoms with E-state index in [0.29, 0.717) is 17.4 Å². The van der Waals surface area contributed by atoms with Gasteiger partial charge in [-0.2, -0.15) is 0 Å². The average Bonchev–Trinajstić information content (AvgIpc) is 2.88. The Morgan fingerprint density at radius 2 is 1.87 bits per heavy atom. The van der Waals surface area contributed by atoms with Gasteiger partial charge < -0.3 is 19.2 Å². The van der Waals surface area contributed by atoms with Gasteiger partial charge >= 0.3 is 0 Å². The molecule has 0 bridgehead atoms. The quantitative estimate of drug-likeness (QED) is 0.829. The van der Waals surface area contributed by atoms with Crippen molar-refractivity contribution >= 4 is 12.0 Å². The topological polar surface area (TPSA) is 73.6 Å². The standard InChI is InChI=1S/C17H20N2O4/c1-11-12(2)23-17(19-11)10-18-16(20)6-5-13-7-14(21-3)9-15(8-13)22-4/h5-9H,10H2,1-4H3,(H,18,20)/b6-5+. The molecule has 6 nitrogen and oxygen atoms in total. The summed E-state index contributed by atoms with van der Waals surface area (Å²) in [5.74, 6) is 2.34. The molecule has 1 aromatic carbocycles. The highest BCUT2D eigenvalue weighted by atomic mass is 16.5. The predicted molar refractivity (Wildman–Crippen MR) is 86.4 cm³/mol. The van der Waals surface area contributed by atoms with Gasteiger partial charge in [0.05, 0.1) is 26.5 Å². The number of nitrogens with zero attached hydrogens (tertiary/aromatic N) is 1. The molecule has 6 heteroatoms. The van der Waals surface area contributed by atoms with Crippen molar-refractivity contribution < 1.29 is 18.7 Å². The molecule has 0 aliphatic rings. The molecule has 2 rings (SSSR count). The molecule has 0 unspecified atom stereocenters. The van der Waals surface area contributed by atoms with E-state index in [1.807, 2.05) is 26.0 Å². The highest BCUT2D eigenvalue weighted by Gasteiger charge is 2.06. The average molecular weight is 316 g/mol. The molecule has 2 aromatic rings. The van der Waals surface area contributed by atoms with Crippen molar-refractivity contribution in [1.82, 2.24) is 10.3 Å². The number of oxazole rings is 1. The predicted octanol–water partition coefficient (Wildman–Crippen LogP) is 2.64. The number of methoxy groups -OCH3 is 2. The number of hydrogen-bond donors (Lipinski definition) is 1. The summed E-state index contributed by atoms with van der Waals surface area (Å²) in [5, 5.41) is 2.72. The van der Waals surface area contributed by atoms with Crippen LogP contribution in [0.3, 0.4) is 0 Å². The molecular weight excluding hydrogens is 296 g/mol. The molecule has 0 aliphatic carbocycles. The number of nitrogens with one attached hydrogen (secondary N) is 1. The minimum absolute atomic E-state index is 0.236. The van der Waals surface area contributed by atoms with Crippen LogP contribution in [-0.2, 0) is 11.3 Å². The number of aromatic nitrogens is 1. The van der Waals surface area contributed by atoms with Crippen LogP contribution < -0.4 is 14.8 Å². The lowest BCUT2D eigenvalue weighted by Crippen LogP contribution is -2.20. The molecule has 1 amide bonds. The molecule has 0 saturated carbocycles. The lowest BCUT2D eigenvalue weighted by molar-refractivity contribution is -0.116. The molecule has 1 aromatic heterocycles. The van der Waals surface area contributed by atoms with Crippen molar-refractivity contribution in [2.24, 2.45) is 0 Å². The number of aryl methyl sites for hydroxylation is 2. The maximum absolute atomic E-state index is 11.9. The third kappa shape index (κ3) is 4.60. The van der Waals surface area contributed by atoms with E-state index in [1.165, 1.54) is 6.08 Å². The van der Waals surface area contributed by atoms with Gasteiger partial charge in [0, 0.05) is 12.1 Å². The van der Waals surface area contributed by atoms with Crippen LogP contribution in [0.1, 0.15) is 22.9 Å². The van der Waals surface area contributed by atoms with Gasteiger partial charge in [0.1, 0.15) is 17.3 Å². The number of ether oxygens (including phenoxy) is 2. The first-order valence-electron chi connectivity index (χ1n) is 7.13. The summed E-state index contributed by atoms with van der Waals surface area (Å²) in [6.07, 6.45) is 3.13. The number of amides is 1. The first-order chi connectivity index (χ1) is 11.0. The second-order valence-electron chi connectivity index (χ2n) is 4.95. The van der Waals surface area contributed by atoms with E-state index in [1.54, 1.807) is 26.4 Å². The van der Waals surface area contributed by atoms with Gasteiger partial charge in [0.25, 0.3) is 0 Å². The second kappa shape index (κ2) is 7.49. The van der Waals surface area contributed by atoms with Crippen LogP contribution in [0, 0.1) is 13.8 Å². The first kappa shape index (κ1) is 16.6. The maximum Gasteiger partial charge on any atom is 0.244 e. The zero-order valence-corrected chi connectivity index (χ0v) is 13.7. The molecule has 1 N–H and O–H groups in total. The molecule has 23 heavy (non-hydrogen) atoms. The summed E-state index contributed by atoms with van der Waals surface area (Å²) < 4.78 is 15.8. The van der Waals surface area contributed by atoms with Crippen LogP contribution in [0.5, 0.6) is 11.5 Å². The minimum atomic E-state index is -0.236. The van der Waals surface area contributed by atoms with E-state index in [0.717, 1.165) is 17.0 Å². The highest BCUT2D eigenvalue weighted by Crippen LogP contribution is 2.23. The van der Waals surface area contributed by atoms with Gasteiger partial charge in [0.2, 0.25) is 11.8 Å². The van der Waals surface area contributed by atoms with Gasteiger partial charge in [-0.05, 0) is 37.6 Å². The lowest BCUT2D eigenvalue weighted by Gasteiger charge is -2.05. The Morgan fingerprint density at radius 3 is 2.39 bits per heavy atom. The van der Waals surface area contributed by atoms with E-state index in [-0.39, 0.29) is 12.5 Å². The number of hydrogen-bond acceptors (Lipinski definition) is 5. The fraction of sp³-hybridized carbons (Fsp3) is 0.294. The molecular formula is C17H20N2O4. The van der Waals surface area contributed by atoms with E-state index >= 15 is 0 Å². The summed E-state index contributed by atoms with van der Waals surface area (Å²) in [6, 6.07) is 5.39. The Morgan fingerprint density at radius 1 is 1.22 bits per heavy atom. The number of benzene rings is 1. The third-order valence-corrected chi connectivity index (χ3v) is 3.29. The van der Waals surface area contributed by atoms with Crippen LogP contribution in [0.25, 0.3) is 6.08 Å². The van der Waals surface area contributed by atoms with Gasteiger partial charge in [0.15, 0.2) is 0 Å². The minimum Gasteiger partial charge on any atom is -0.497 e. The van der Waals surface area contributed by atoms with Crippen molar-refractivity contribution in [2.75, 3.05) is 14.2 Å². The van der Waals surface area contributed by atoms with E-state index in [9.17, 15) is 4.79 Å². The number of rotatable bonds is 6. The summed E-state index contributed by atoms with van der Waals surface area (Å²) >= 11 is 0. The molecule has 0 radical (unpaired) electrons. The first-order valence-corrected chi connectivity index (χ1v) is 7.13. The van der Waals surface area contributed by atoms with E-state index in [2.05, 4.69) is 10.3 Å². The Balaban J connectivity index is 1.97. The molecule has 122 valence electrons. The van der Waals surface area contributed by atoms with Crippen molar-refractivity contribution in [3.05, 3.63) is 47.2 Å². The smallest absolute Gasteiger partial charge is 0.244 e. The lowest BCUT2D eigenvalue weighted by atomic mass is 10.2. The molecule has 1 heterocycles. The molecule has 0 spiro atoms. The fourth-order valence-corrected chi connectivity index (χ4v) is 1.93. The zero-order valence-electron chi connectivity index (χ0n) is 13.7. The van der Waals surface area contributed by atoms with Crippen LogP contribution in [0.2, 0.25) is 0 Å². The van der Waals surface area contributed by atoms with Crippen molar-refractivity contribution in [3.8, 4) is 11.5 Å². The largest absolute Gasteiger partial charge is 0.497 e. The molecule has 0 fully saturated rings. The van der Waals surface area contributed by atoms with Crippen LogP contribution in [-0.4, -0.2) is 25.1 Å². The number of carbonyl (C=O) groups excluding carboxylic acids is 1. The Bertz CT molecular complexity index is 678. The van der Waals surface area contributed by atoms with Crippen LogP contribution in [0.15, 0.2) is 28.7 Å². The fourth-order valence-electron chi connectivity index (χ4n) is 1.93. The van der Waals surface area contributed by atoms with Gasteiger partial charge in [-0.1, -0.05) is 0 Å². The number of carbonyl (C=O) groups is 1. The van der Waals surface area contributed by atoms with E-state index in [4.69, 9.17) is 13.9 Å². The summed E-state index contributed by atoms with van der Waals surface area (Å²) in [5.41, 5.74) is 1.63.